The largest absolute Gasteiger partial charge is 0.340 e. The zero-order valence-corrected chi connectivity index (χ0v) is 18.7. The van der Waals surface area contributed by atoms with E-state index in [0.717, 1.165) is 39.2 Å². The van der Waals surface area contributed by atoms with Gasteiger partial charge in [0, 0.05) is 40.2 Å². The molecule has 4 rings (SSSR count). The van der Waals surface area contributed by atoms with Crippen molar-refractivity contribution in [1.29, 1.82) is 0 Å². The number of rotatable bonds is 6. The highest BCUT2D eigenvalue weighted by molar-refractivity contribution is 8.21. The van der Waals surface area contributed by atoms with Crippen LogP contribution in [0.5, 0.6) is 0 Å². The van der Waals surface area contributed by atoms with Crippen LogP contribution in [0.15, 0.2) is 53.6 Å². The molecule has 0 spiro atoms. The number of hydrazone groups is 1. The fraction of sp³-hybridized carbons (Fsp3) is 0.304. The zero-order chi connectivity index (χ0) is 21.1. The third-order valence-electron chi connectivity index (χ3n) is 5.30. The van der Waals surface area contributed by atoms with Gasteiger partial charge in [0.05, 0.1) is 16.7 Å². The van der Waals surface area contributed by atoms with Crippen LogP contribution in [0, 0.1) is 12.7 Å². The van der Waals surface area contributed by atoms with Crippen LogP contribution in [-0.4, -0.2) is 32.3 Å². The van der Waals surface area contributed by atoms with Crippen LogP contribution in [0.1, 0.15) is 30.2 Å². The lowest BCUT2D eigenvalue weighted by Crippen LogP contribution is -2.26. The summed E-state index contributed by atoms with van der Waals surface area (Å²) in [7, 11) is 0. The molecule has 2 aromatic carbocycles. The highest BCUT2D eigenvalue weighted by Crippen LogP contribution is 2.45. The summed E-state index contributed by atoms with van der Waals surface area (Å²) in [6.07, 6.45) is 2.18. The number of carbonyl (C=O) groups is 1. The molecule has 30 heavy (non-hydrogen) atoms. The van der Waals surface area contributed by atoms with Crippen LogP contribution >= 0.6 is 23.5 Å². The maximum Gasteiger partial charge on any atom is 0.242 e. The van der Waals surface area contributed by atoms with Crippen molar-refractivity contribution in [1.82, 2.24) is 9.99 Å². The number of aromatic nitrogens is 1. The zero-order valence-electron chi connectivity index (χ0n) is 17.0. The first kappa shape index (κ1) is 21.0. The number of para-hydroxylation sites is 1. The van der Waals surface area contributed by atoms with Gasteiger partial charge in [0.1, 0.15) is 5.82 Å². The first-order valence-electron chi connectivity index (χ1n) is 9.87. The summed E-state index contributed by atoms with van der Waals surface area (Å²) in [4.78, 5) is 12.3. The van der Waals surface area contributed by atoms with Gasteiger partial charge in [-0.25, -0.2) is 9.82 Å². The first-order valence-corrected chi connectivity index (χ1v) is 11.8. The second-order valence-electron chi connectivity index (χ2n) is 7.53. The summed E-state index contributed by atoms with van der Waals surface area (Å²) < 4.78 is 15.4. The van der Waals surface area contributed by atoms with Gasteiger partial charge in [0.15, 0.2) is 0 Å². The highest BCUT2D eigenvalue weighted by Gasteiger charge is 2.32. The minimum absolute atomic E-state index is 0.0549. The average molecular weight is 442 g/mol. The third-order valence-corrected chi connectivity index (χ3v) is 8.59. The fourth-order valence-corrected chi connectivity index (χ4v) is 6.59. The van der Waals surface area contributed by atoms with Crippen molar-refractivity contribution < 1.29 is 9.18 Å². The molecule has 0 bridgehead atoms. The number of carbonyl (C=O) groups excluding carboxylic acids is 1. The molecule has 0 unspecified atom stereocenters. The van der Waals surface area contributed by atoms with Gasteiger partial charge in [-0.05, 0) is 37.6 Å². The first-order chi connectivity index (χ1) is 14.5. The Morgan fingerprint density at radius 3 is 2.63 bits per heavy atom. The van der Waals surface area contributed by atoms with E-state index in [-0.39, 0.29) is 15.8 Å². The Morgan fingerprint density at radius 1 is 1.20 bits per heavy atom. The number of hydrogen-bond acceptors (Lipinski definition) is 4. The van der Waals surface area contributed by atoms with Gasteiger partial charge in [0.2, 0.25) is 5.91 Å². The van der Waals surface area contributed by atoms with Crippen LogP contribution in [0.3, 0.4) is 0 Å². The minimum atomic E-state index is -0.236. The Kier molecular flexibility index (Phi) is 6.20. The summed E-state index contributed by atoms with van der Waals surface area (Å²) in [6, 6.07) is 14.7. The quantitative estimate of drug-likeness (QED) is 0.424. The molecule has 1 N–H and O–H groups in total. The van der Waals surface area contributed by atoms with E-state index >= 15 is 0 Å². The number of nitrogens with one attached hydrogen (secondary N) is 1. The van der Waals surface area contributed by atoms with Crippen LogP contribution in [0.2, 0.25) is 0 Å². The van der Waals surface area contributed by atoms with Crippen molar-refractivity contribution in [3.05, 3.63) is 71.2 Å². The van der Waals surface area contributed by atoms with Crippen LogP contribution < -0.4 is 5.43 Å². The molecule has 7 heteroatoms. The monoisotopic (exact) mass is 441 g/mol. The van der Waals surface area contributed by atoms with E-state index in [9.17, 15) is 9.18 Å². The van der Waals surface area contributed by atoms with E-state index in [4.69, 9.17) is 0 Å². The van der Waals surface area contributed by atoms with E-state index in [1.807, 2.05) is 42.6 Å². The third kappa shape index (κ3) is 4.57. The smallest absolute Gasteiger partial charge is 0.242 e. The molecule has 1 saturated heterocycles. The van der Waals surface area contributed by atoms with Gasteiger partial charge in [0.25, 0.3) is 0 Å². The van der Waals surface area contributed by atoms with E-state index in [1.165, 1.54) is 12.1 Å². The van der Waals surface area contributed by atoms with Gasteiger partial charge in [-0.1, -0.05) is 30.3 Å². The standard InChI is InChI=1S/C23H24FN3OS2/c1-16-20(14-25-26-22(28)13-23(2)29-11-12-30-23)19-5-3-4-6-21(19)27(16)15-17-7-9-18(24)10-8-17/h3-10,14H,11-13,15H2,1-2H3,(H,26,28)/b25-14-. The topological polar surface area (TPSA) is 46.4 Å². The Labute approximate surface area is 184 Å². The molecule has 0 saturated carbocycles. The Hall–Kier alpha value is -2.25. The molecule has 156 valence electrons. The number of fused-ring (bicyclic) bond motifs is 1. The summed E-state index contributed by atoms with van der Waals surface area (Å²) in [5.74, 6) is 1.87. The van der Waals surface area contributed by atoms with Gasteiger partial charge in [-0.3, -0.25) is 4.79 Å². The molecule has 1 amide bonds. The Balaban J connectivity index is 1.55. The van der Waals surface area contributed by atoms with Crippen LogP contribution in [-0.2, 0) is 11.3 Å². The average Bonchev–Trinajstić information content (AvgIpc) is 3.26. The number of halogens is 1. The lowest BCUT2D eigenvalue weighted by atomic mass is 10.1. The fourth-order valence-electron chi connectivity index (χ4n) is 3.76. The normalized spacial score (nSPS) is 15.8. The van der Waals surface area contributed by atoms with Crippen molar-refractivity contribution in [3.8, 4) is 0 Å². The Bertz CT molecular complexity index is 1090. The number of hydrogen-bond donors (Lipinski definition) is 1. The predicted molar refractivity (Wildman–Crippen MR) is 126 cm³/mol. The SMILES string of the molecule is Cc1c(/C=N\NC(=O)CC2(C)SCCS2)c2ccccc2n1Cc1ccc(F)cc1. The van der Waals surface area contributed by atoms with Crippen molar-refractivity contribution in [2.45, 2.75) is 30.9 Å². The van der Waals surface area contributed by atoms with Gasteiger partial charge >= 0.3 is 0 Å². The molecule has 1 aromatic heterocycles. The van der Waals surface area contributed by atoms with E-state index in [2.05, 4.69) is 34.2 Å². The molecule has 4 nitrogen and oxygen atoms in total. The molecule has 0 aliphatic carbocycles. The molecule has 0 atom stereocenters. The summed E-state index contributed by atoms with van der Waals surface area (Å²) >= 11 is 3.67. The molecular formula is C23H24FN3OS2. The Morgan fingerprint density at radius 2 is 1.90 bits per heavy atom. The second-order valence-corrected chi connectivity index (χ2v) is 11.0. The summed E-state index contributed by atoms with van der Waals surface area (Å²) in [5.41, 5.74) is 6.82. The maximum absolute atomic E-state index is 13.3. The van der Waals surface area contributed by atoms with Gasteiger partial charge < -0.3 is 4.57 Å². The molecule has 1 aliphatic rings. The highest BCUT2D eigenvalue weighted by atomic mass is 32.2. The number of benzene rings is 2. The molecule has 2 heterocycles. The van der Waals surface area contributed by atoms with Crippen molar-refractivity contribution in [2.75, 3.05) is 11.5 Å². The summed E-state index contributed by atoms with van der Waals surface area (Å²) in [5, 5.41) is 5.32. The van der Waals surface area contributed by atoms with E-state index < -0.39 is 0 Å². The van der Waals surface area contributed by atoms with Crippen molar-refractivity contribution >= 4 is 46.5 Å². The number of amides is 1. The van der Waals surface area contributed by atoms with E-state index in [1.54, 1.807) is 18.3 Å². The molecule has 3 aromatic rings. The van der Waals surface area contributed by atoms with Crippen LogP contribution in [0.4, 0.5) is 4.39 Å². The number of nitrogens with zero attached hydrogens (tertiary/aromatic N) is 2. The maximum atomic E-state index is 13.3. The molecule has 1 fully saturated rings. The molecular weight excluding hydrogens is 417 g/mol. The second kappa shape index (κ2) is 8.86. The van der Waals surface area contributed by atoms with Crippen LogP contribution in [0.25, 0.3) is 10.9 Å². The lowest BCUT2D eigenvalue weighted by Gasteiger charge is -2.19. The number of thioether (sulfide) groups is 2. The van der Waals surface area contributed by atoms with Gasteiger partial charge in [-0.15, -0.1) is 23.5 Å². The van der Waals surface area contributed by atoms with Crippen molar-refractivity contribution in [3.63, 3.8) is 0 Å². The van der Waals surface area contributed by atoms with E-state index in [0.29, 0.717) is 13.0 Å². The predicted octanol–water partition coefficient (Wildman–Crippen LogP) is 5.17. The lowest BCUT2D eigenvalue weighted by molar-refractivity contribution is -0.121. The van der Waals surface area contributed by atoms with Crippen molar-refractivity contribution in [2.24, 2.45) is 5.10 Å². The van der Waals surface area contributed by atoms with Gasteiger partial charge in [-0.2, -0.15) is 5.10 Å². The summed E-state index contributed by atoms with van der Waals surface area (Å²) in [6.45, 7) is 4.80. The molecule has 1 aliphatic heterocycles. The molecule has 0 radical (unpaired) electrons. The minimum Gasteiger partial charge on any atom is -0.340 e.